The molecule has 1 N–H and O–H groups in total. The van der Waals surface area contributed by atoms with Crippen LogP contribution in [0.2, 0.25) is 0 Å². The molecule has 1 aliphatic rings. The van der Waals surface area contributed by atoms with E-state index in [9.17, 15) is 9.59 Å². The van der Waals surface area contributed by atoms with Gasteiger partial charge < -0.3 is 15.0 Å². The van der Waals surface area contributed by atoms with Crippen molar-refractivity contribution >= 4 is 12.0 Å². The summed E-state index contributed by atoms with van der Waals surface area (Å²) >= 11 is 0. The van der Waals surface area contributed by atoms with Gasteiger partial charge in [-0.25, -0.2) is 9.59 Å². The first-order valence-electron chi connectivity index (χ1n) is 10.1. The van der Waals surface area contributed by atoms with Crippen molar-refractivity contribution in [1.82, 2.24) is 30.4 Å². The highest BCUT2D eigenvalue weighted by atomic mass is 16.5. The molecule has 1 saturated carbocycles. The zero-order chi connectivity index (χ0) is 20.9. The SMILES string of the molecule is CCNC(=O)N(C)C1(c2nnnn2-c2cccc(C(=O)OCC)c2)CCCCC1. The molecule has 2 amide bonds. The van der Waals surface area contributed by atoms with E-state index in [-0.39, 0.29) is 6.03 Å². The van der Waals surface area contributed by atoms with Crippen LogP contribution in [0.3, 0.4) is 0 Å². The number of carbonyl (C=O) groups is 2. The summed E-state index contributed by atoms with van der Waals surface area (Å²) in [7, 11) is 1.80. The van der Waals surface area contributed by atoms with Crippen molar-refractivity contribution in [2.45, 2.75) is 51.5 Å². The van der Waals surface area contributed by atoms with Gasteiger partial charge in [0, 0.05) is 13.6 Å². The first kappa shape index (κ1) is 20.8. The predicted molar refractivity (Wildman–Crippen MR) is 107 cm³/mol. The third-order valence-electron chi connectivity index (χ3n) is 5.44. The van der Waals surface area contributed by atoms with Gasteiger partial charge in [-0.2, -0.15) is 4.68 Å². The Morgan fingerprint density at radius 2 is 2.00 bits per heavy atom. The van der Waals surface area contributed by atoms with Gasteiger partial charge in [0.1, 0.15) is 5.54 Å². The molecule has 9 heteroatoms. The average Bonchev–Trinajstić information content (AvgIpc) is 3.25. The largest absolute Gasteiger partial charge is 0.462 e. The second kappa shape index (κ2) is 9.02. The molecule has 2 aromatic rings. The molecule has 0 aliphatic heterocycles. The zero-order valence-electron chi connectivity index (χ0n) is 17.2. The number of aromatic nitrogens is 4. The highest BCUT2D eigenvalue weighted by molar-refractivity contribution is 5.90. The van der Waals surface area contributed by atoms with Crippen molar-refractivity contribution in [3.8, 4) is 5.69 Å². The fourth-order valence-electron chi connectivity index (χ4n) is 3.94. The number of benzene rings is 1. The Balaban J connectivity index is 2.03. The second-order valence-electron chi connectivity index (χ2n) is 7.17. The van der Waals surface area contributed by atoms with Gasteiger partial charge in [-0.15, -0.1) is 5.10 Å². The molecular formula is C20H28N6O3. The van der Waals surface area contributed by atoms with E-state index in [1.807, 2.05) is 13.0 Å². The van der Waals surface area contributed by atoms with Crippen LogP contribution in [0.15, 0.2) is 24.3 Å². The number of amides is 2. The smallest absolute Gasteiger partial charge is 0.338 e. The molecule has 1 heterocycles. The van der Waals surface area contributed by atoms with Gasteiger partial charge >= 0.3 is 12.0 Å². The summed E-state index contributed by atoms with van der Waals surface area (Å²) in [6.45, 7) is 4.51. The van der Waals surface area contributed by atoms with Crippen molar-refractivity contribution in [2.24, 2.45) is 0 Å². The number of nitrogens with zero attached hydrogens (tertiary/aromatic N) is 5. The maximum absolute atomic E-state index is 12.7. The van der Waals surface area contributed by atoms with Crippen molar-refractivity contribution in [2.75, 3.05) is 20.2 Å². The van der Waals surface area contributed by atoms with Crippen molar-refractivity contribution < 1.29 is 14.3 Å². The number of hydrogen-bond acceptors (Lipinski definition) is 6. The number of esters is 1. The van der Waals surface area contributed by atoms with Crippen LogP contribution in [0.25, 0.3) is 5.69 Å². The maximum atomic E-state index is 12.7. The summed E-state index contributed by atoms with van der Waals surface area (Å²) in [5.41, 5.74) is 0.478. The molecular weight excluding hydrogens is 372 g/mol. The van der Waals surface area contributed by atoms with Gasteiger partial charge in [-0.05, 0) is 55.3 Å². The van der Waals surface area contributed by atoms with Gasteiger partial charge in [-0.1, -0.05) is 25.3 Å². The molecule has 1 fully saturated rings. The summed E-state index contributed by atoms with van der Waals surface area (Å²) in [5.74, 6) is 0.211. The Bertz CT molecular complexity index is 859. The van der Waals surface area contributed by atoms with E-state index in [2.05, 4.69) is 20.8 Å². The molecule has 0 radical (unpaired) electrons. The summed E-state index contributed by atoms with van der Waals surface area (Å²) in [4.78, 5) is 26.6. The Morgan fingerprint density at radius 3 is 2.69 bits per heavy atom. The van der Waals surface area contributed by atoms with E-state index < -0.39 is 11.5 Å². The quantitative estimate of drug-likeness (QED) is 0.748. The van der Waals surface area contributed by atoms with E-state index in [1.165, 1.54) is 0 Å². The number of urea groups is 1. The predicted octanol–water partition coefficient (Wildman–Crippen LogP) is 2.66. The van der Waals surface area contributed by atoms with Gasteiger partial charge in [-0.3, -0.25) is 0 Å². The van der Waals surface area contributed by atoms with Crippen LogP contribution in [0.4, 0.5) is 4.79 Å². The van der Waals surface area contributed by atoms with Gasteiger partial charge in [0.05, 0.1) is 17.9 Å². The highest BCUT2D eigenvalue weighted by Gasteiger charge is 2.44. The average molecular weight is 400 g/mol. The molecule has 3 rings (SSSR count). The van der Waals surface area contributed by atoms with Crippen LogP contribution < -0.4 is 5.32 Å². The molecule has 0 saturated heterocycles. The first-order chi connectivity index (χ1) is 14.0. The molecule has 29 heavy (non-hydrogen) atoms. The molecule has 1 aromatic carbocycles. The number of rotatable bonds is 6. The van der Waals surface area contributed by atoms with Gasteiger partial charge in [0.25, 0.3) is 0 Å². The fourth-order valence-corrected chi connectivity index (χ4v) is 3.94. The van der Waals surface area contributed by atoms with E-state index in [0.717, 1.165) is 32.1 Å². The summed E-state index contributed by atoms with van der Waals surface area (Å²) in [5, 5.41) is 15.3. The van der Waals surface area contributed by atoms with Crippen LogP contribution in [0, 0.1) is 0 Å². The van der Waals surface area contributed by atoms with Crippen molar-refractivity contribution in [3.63, 3.8) is 0 Å². The third-order valence-corrected chi connectivity index (χ3v) is 5.44. The number of hydrogen-bond donors (Lipinski definition) is 1. The monoisotopic (exact) mass is 400 g/mol. The van der Waals surface area contributed by atoms with E-state index in [0.29, 0.717) is 30.2 Å². The van der Waals surface area contributed by atoms with Crippen LogP contribution in [-0.4, -0.2) is 57.3 Å². The zero-order valence-corrected chi connectivity index (χ0v) is 17.2. The Labute approximate surface area is 170 Å². The lowest BCUT2D eigenvalue weighted by molar-refractivity contribution is 0.0526. The van der Waals surface area contributed by atoms with Crippen molar-refractivity contribution in [1.29, 1.82) is 0 Å². The van der Waals surface area contributed by atoms with Crippen LogP contribution in [-0.2, 0) is 10.3 Å². The number of tetrazole rings is 1. The normalized spacial score (nSPS) is 15.6. The molecule has 0 spiro atoms. The molecule has 156 valence electrons. The number of nitrogens with one attached hydrogen (secondary N) is 1. The number of ether oxygens (including phenoxy) is 1. The van der Waals surface area contributed by atoms with E-state index >= 15 is 0 Å². The molecule has 9 nitrogen and oxygen atoms in total. The number of carbonyl (C=O) groups excluding carboxylic acids is 2. The first-order valence-corrected chi connectivity index (χ1v) is 10.1. The van der Waals surface area contributed by atoms with Crippen LogP contribution >= 0.6 is 0 Å². The lowest BCUT2D eigenvalue weighted by Gasteiger charge is -2.43. The lowest BCUT2D eigenvalue weighted by atomic mass is 9.79. The standard InChI is InChI=1S/C20H28N6O3/c1-4-21-19(28)25(3)20(12-7-6-8-13-20)18-22-23-24-26(18)16-11-9-10-15(14-16)17(27)29-5-2/h9-11,14H,4-8,12-13H2,1-3H3,(H,21,28). The summed E-state index contributed by atoms with van der Waals surface area (Å²) < 4.78 is 6.73. The molecule has 0 bridgehead atoms. The second-order valence-corrected chi connectivity index (χ2v) is 7.17. The minimum absolute atomic E-state index is 0.149. The third kappa shape index (κ3) is 4.08. The van der Waals surface area contributed by atoms with E-state index in [1.54, 1.807) is 41.8 Å². The molecule has 0 atom stereocenters. The Morgan fingerprint density at radius 1 is 1.24 bits per heavy atom. The fraction of sp³-hybridized carbons (Fsp3) is 0.550. The Hall–Kier alpha value is -2.97. The Kier molecular flexibility index (Phi) is 6.46. The molecule has 1 aromatic heterocycles. The topological polar surface area (TPSA) is 102 Å². The minimum atomic E-state index is -0.610. The maximum Gasteiger partial charge on any atom is 0.338 e. The molecule has 1 aliphatic carbocycles. The molecule has 0 unspecified atom stereocenters. The van der Waals surface area contributed by atoms with E-state index in [4.69, 9.17) is 4.74 Å². The lowest BCUT2D eigenvalue weighted by Crippen LogP contribution is -2.53. The van der Waals surface area contributed by atoms with Gasteiger partial charge in [0.15, 0.2) is 5.82 Å². The van der Waals surface area contributed by atoms with Crippen LogP contribution in [0.1, 0.15) is 62.1 Å². The summed E-state index contributed by atoms with van der Waals surface area (Å²) in [6, 6.07) is 6.87. The van der Waals surface area contributed by atoms with Crippen molar-refractivity contribution in [3.05, 3.63) is 35.7 Å². The van der Waals surface area contributed by atoms with Gasteiger partial charge in [0.2, 0.25) is 0 Å². The summed E-state index contributed by atoms with van der Waals surface area (Å²) in [6.07, 6.45) is 4.64. The minimum Gasteiger partial charge on any atom is -0.462 e. The van der Waals surface area contributed by atoms with Crippen LogP contribution in [0.5, 0.6) is 0 Å². The highest BCUT2D eigenvalue weighted by Crippen LogP contribution is 2.41.